The SMILES string of the molecule is CC1CCCCC1N1CC=C[C@@H](C)C1. The molecule has 2 unspecified atom stereocenters. The molecule has 0 N–H and O–H groups in total. The van der Waals surface area contributed by atoms with Crippen LogP contribution in [0.3, 0.4) is 0 Å². The van der Waals surface area contributed by atoms with Crippen molar-refractivity contribution in [1.82, 2.24) is 4.90 Å². The first-order valence-electron chi connectivity index (χ1n) is 6.18. The van der Waals surface area contributed by atoms with Gasteiger partial charge >= 0.3 is 0 Å². The first kappa shape index (κ1) is 10.2. The van der Waals surface area contributed by atoms with Gasteiger partial charge in [-0.25, -0.2) is 0 Å². The lowest BCUT2D eigenvalue weighted by Crippen LogP contribution is -2.44. The van der Waals surface area contributed by atoms with Gasteiger partial charge in [-0.3, -0.25) is 4.90 Å². The number of hydrogen-bond acceptors (Lipinski definition) is 1. The third-order valence-corrected chi connectivity index (χ3v) is 3.86. The molecule has 2 aliphatic rings. The van der Waals surface area contributed by atoms with Crippen molar-refractivity contribution in [2.75, 3.05) is 13.1 Å². The van der Waals surface area contributed by atoms with Crippen LogP contribution in [0.4, 0.5) is 0 Å². The number of hydrogen-bond donors (Lipinski definition) is 0. The summed E-state index contributed by atoms with van der Waals surface area (Å²) in [6.07, 6.45) is 10.5. The Morgan fingerprint density at radius 2 is 1.93 bits per heavy atom. The molecule has 0 aromatic carbocycles. The van der Waals surface area contributed by atoms with Gasteiger partial charge in [0.25, 0.3) is 0 Å². The van der Waals surface area contributed by atoms with Gasteiger partial charge in [0.05, 0.1) is 0 Å². The fourth-order valence-electron chi connectivity index (χ4n) is 3.04. The lowest BCUT2D eigenvalue weighted by molar-refractivity contribution is 0.110. The maximum atomic E-state index is 2.70. The van der Waals surface area contributed by atoms with Crippen LogP contribution in [0.1, 0.15) is 39.5 Å². The summed E-state index contributed by atoms with van der Waals surface area (Å²) >= 11 is 0. The van der Waals surface area contributed by atoms with Gasteiger partial charge in [-0.15, -0.1) is 0 Å². The van der Waals surface area contributed by atoms with Gasteiger partial charge in [0, 0.05) is 19.1 Å². The average molecular weight is 193 g/mol. The molecule has 1 fully saturated rings. The van der Waals surface area contributed by atoms with Gasteiger partial charge in [-0.2, -0.15) is 0 Å². The summed E-state index contributed by atoms with van der Waals surface area (Å²) in [6, 6.07) is 0.871. The Balaban J connectivity index is 1.96. The van der Waals surface area contributed by atoms with Gasteiger partial charge in [0.1, 0.15) is 0 Å². The third kappa shape index (κ3) is 2.20. The Morgan fingerprint density at radius 3 is 2.64 bits per heavy atom. The molecular weight excluding hydrogens is 170 g/mol. The Bertz CT molecular complexity index is 209. The predicted octanol–water partition coefficient (Wildman–Crippen LogP) is 3.07. The van der Waals surface area contributed by atoms with Crippen molar-refractivity contribution in [1.29, 1.82) is 0 Å². The Labute approximate surface area is 88.2 Å². The fourth-order valence-corrected chi connectivity index (χ4v) is 3.04. The summed E-state index contributed by atoms with van der Waals surface area (Å²) in [7, 11) is 0. The number of nitrogens with zero attached hydrogens (tertiary/aromatic N) is 1. The zero-order valence-electron chi connectivity index (χ0n) is 9.58. The molecule has 0 aromatic rings. The summed E-state index contributed by atoms with van der Waals surface area (Å²) in [4.78, 5) is 2.70. The molecule has 1 heterocycles. The Kier molecular flexibility index (Phi) is 3.27. The van der Waals surface area contributed by atoms with Crippen molar-refractivity contribution < 1.29 is 0 Å². The lowest BCUT2D eigenvalue weighted by Gasteiger charge is -2.40. The molecule has 1 aliphatic carbocycles. The van der Waals surface area contributed by atoms with E-state index in [-0.39, 0.29) is 0 Å². The van der Waals surface area contributed by atoms with Crippen LogP contribution in [0.2, 0.25) is 0 Å². The van der Waals surface area contributed by atoms with Crippen LogP contribution >= 0.6 is 0 Å². The molecule has 2 rings (SSSR count). The molecule has 0 saturated heterocycles. The normalized spacial score (nSPS) is 40.0. The van der Waals surface area contributed by atoms with Gasteiger partial charge in [0.2, 0.25) is 0 Å². The second kappa shape index (κ2) is 4.48. The second-order valence-electron chi connectivity index (χ2n) is 5.19. The van der Waals surface area contributed by atoms with Crippen molar-refractivity contribution in [3.63, 3.8) is 0 Å². The van der Waals surface area contributed by atoms with Crippen LogP contribution in [0.25, 0.3) is 0 Å². The van der Waals surface area contributed by atoms with Gasteiger partial charge in [-0.05, 0) is 24.7 Å². The van der Waals surface area contributed by atoms with Crippen molar-refractivity contribution in [3.8, 4) is 0 Å². The molecule has 0 spiro atoms. The van der Waals surface area contributed by atoms with Crippen LogP contribution in [-0.2, 0) is 0 Å². The van der Waals surface area contributed by atoms with Crippen molar-refractivity contribution in [2.24, 2.45) is 11.8 Å². The summed E-state index contributed by atoms with van der Waals surface area (Å²) < 4.78 is 0. The highest BCUT2D eigenvalue weighted by Crippen LogP contribution is 2.29. The van der Waals surface area contributed by atoms with E-state index in [1.165, 1.54) is 38.8 Å². The minimum absolute atomic E-state index is 0.762. The third-order valence-electron chi connectivity index (χ3n) is 3.86. The largest absolute Gasteiger partial charge is 0.296 e. The molecule has 1 aliphatic heterocycles. The van der Waals surface area contributed by atoms with E-state index < -0.39 is 0 Å². The molecule has 14 heavy (non-hydrogen) atoms. The molecular formula is C13H23N. The van der Waals surface area contributed by atoms with Gasteiger partial charge in [-0.1, -0.05) is 38.8 Å². The molecule has 80 valence electrons. The van der Waals surface area contributed by atoms with Crippen LogP contribution in [0.5, 0.6) is 0 Å². The summed E-state index contributed by atoms with van der Waals surface area (Å²) in [5, 5.41) is 0. The molecule has 0 amide bonds. The van der Waals surface area contributed by atoms with E-state index in [2.05, 4.69) is 30.9 Å². The van der Waals surface area contributed by atoms with E-state index in [0.29, 0.717) is 0 Å². The standard InChI is InChI=1S/C13H23N/c1-11-6-5-9-14(10-11)13-8-4-3-7-12(13)2/h5-6,11-13H,3-4,7-10H2,1-2H3/t11-,12?,13?/m1/s1. The van der Waals surface area contributed by atoms with E-state index in [1.807, 2.05) is 0 Å². The topological polar surface area (TPSA) is 3.24 Å². The summed E-state index contributed by atoms with van der Waals surface area (Å²) in [5.41, 5.74) is 0. The summed E-state index contributed by atoms with van der Waals surface area (Å²) in [5.74, 6) is 1.68. The second-order valence-corrected chi connectivity index (χ2v) is 5.19. The monoisotopic (exact) mass is 193 g/mol. The van der Waals surface area contributed by atoms with Gasteiger partial charge in [0.15, 0.2) is 0 Å². The molecule has 1 nitrogen and oxygen atoms in total. The van der Waals surface area contributed by atoms with Crippen LogP contribution < -0.4 is 0 Å². The van der Waals surface area contributed by atoms with E-state index in [9.17, 15) is 0 Å². The van der Waals surface area contributed by atoms with Crippen molar-refractivity contribution in [2.45, 2.75) is 45.6 Å². The highest BCUT2D eigenvalue weighted by atomic mass is 15.2. The summed E-state index contributed by atoms with van der Waals surface area (Å²) in [6.45, 7) is 7.24. The van der Waals surface area contributed by atoms with E-state index in [0.717, 1.165) is 17.9 Å². The molecule has 1 heteroatoms. The minimum atomic E-state index is 0.762. The van der Waals surface area contributed by atoms with Crippen LogP contribution in [0.15, 0.2) is 12.2 Å². The molecule has 0 aromatic heterocycles. The minimum Gasteiger partial charge on any atom is -0.296 e. The lowest BCUT2D eigenvalue weighted by atomic mass is 9.84. The van der Waals surface area contributed by atoms with E-state index in [4.69, 9.17) is 0 Å². The van der Waals surface area contributed by atoms with E-state index >= 15 is 0 Å². The average Bonchev–Trinajstić information content (AvgIpc) is 2.18. The predicted molar refractivity (Wildman–Crippen MR) is 61.3 cm³/mol. The Hall–Kier alpha value is -0.300. The molecule has 3 atom stereocenters. The quantitative estimate of drug-likeness (QED) is 0.578. The van der Waals surface area contributed by atoms with Crippen LogP contribution in [-0.4, -0.2) is 24.0 Å². The highest BCUT2D eigenvalue weighted by Gasteiger charge is 2.27. The Morgan fingerprint density at radius 1 is 1.14 bits per heavy atom. The van der Waals surface area contributed by atoms with Crippen LogP contribution in [0, 0.1) is 11.8 Å². The van der Waals surface area contributed by atoms with Crippen molar-refractivity contribution >= 4 is 0 Å². The zero-order chi connectivity index (χ0) is 9.97. The van der Waals surface area contributed by atoms with E-state index in [1.54, 1.807) is 0 Å². The molecule has 0 radical (unpaired) electrons. The smallest absolute Gasteiger partial charge is 0.0166 e. The molecule has 0 bridgehead atoms. The van der Waals surface area contributed by atoms with Crippen molar-refractivity contribution in [3.05, 3.63) is 12.2 Å². The molecule has 1 saturated carbocycles. The zero-order valence-corrected chi connectivity index (χ0v) is 9.58. The maximum absolute atomic E-state index is 2.70. The first-order valence-corrected chi connectivity index (χ1v) is 6.18. The fraction of sp³-hybridized carbons (Fsp3) is 0.846. The highest BCUT2D eigenvalue weighted by molar-refractivity contribution is 4.98. The maximum Gasteiger partial charge on any atom is 0.0166 e. The first-order chi connectivity index (χ1) is 6.77. The van der Waals surface area contributed by atoms with Gasteiger partial charge < -0.3 is 0 Å². The number of rotatable bonds is 1.